The molecule has 1 atom stereocenters. The van der Waals surface area contributed by atoms with E-state index in [2.05, 4.69) is 5.32 Å². The first kappa shape index (κ1) is 11.5. The van der Waals surface area contributed by atoms with E-state index in [0.717, 1.165) is 0 Å². The van der Waals surface area contributed by atoms with Crippen LogP contribution in [0.25, 0.3) is 0 Å². The van der Waals surface area contributed by atoms with Gasteiger partial charge in [0.05, 0.1) is 0 Å². The largest absolute Gasteiger partial charge is 0.478 e. The smallest absolute Gasteiger partial charge is 0.260 e. The van der Waals surface area contributed by atoms with Crippen molar-refractivity contribution in [3.05, 3.63) is 30.1 Å². The van der Waals surface area contributed by atoms with Gasteiger partial charge in [0.2, 0.25) is 0 Å². The third kappa shape index (κ3) is 2.94. The van der Waals surface area contributed by atoms with E-state index in [-0.39, 0.29) is 11.7 Å². The van der Waals surface area contributed by atoms with Crippen molar-refractivity contribution in [1.29, 1.82) is 0 Å². The molecular weight excluding hydrogens is 197 g/mol. The van der Waals surface area contributed by atoms with Crippen LogP contribution in [0.1, 0.15) is 13.3 Å². The zero-order chi connectivity index (χ0) is 11.3. The van der Waals surface area contributed by atoms with Gasteiger partial charge >= 0.3 is 0 Å². The number of benzene rings is 1. The Morgan fingerprint density at radius 1 is 1.53 bits per heavy atom. The van der Waals surface area contributed by atoms with Crippen molar-refractivity contribution in [2.24, 2.45) is 0 Å². The van der Waals surface area contributed by atoms with Crippen molar-refractivity contribution in [3.63, 3.8) is 0 Å². The number of hydrogen-bond acceptors (Lipinski definition) is 2. The molecule has 1 N–H and O–H groups in total. The number of amides is 1. The number of carbonyl (C=O) groups is 1. The summed E-state index contributed by atoms with van der Waals surface area (Å²) in [7, 11) is 1.52. The lowest BCUT2D eigenvalue weighted by Crippen LogP contribution is -2.35. The van der Waals surface area contributed by atoms with Crippen molar-refractivity contribution in [2.75, 3.05) is 7.05 Å². The minimum atomic E-state index is -0.646. The SMILES string of the molecule is CC[C@@H](Oc1ccccc1F)C(=O)NC. The Kier molecular flexibility index (Phi) is 4.09. The molecule has 0 spiro atoms. The van der Waals surface area contributed by atoms with Gasteiger partial charge in [0.25, 0.3) is 5.91 Å². The Bertz CT molecular complexity index is 341. The summed E-state index contributed by atoms with van der Waals surface area (Å²) >= 11 is 0. The summed E-state index contributed by atoms with van der Waals surface area (Å²) in [5.74, 6) is -0.603. The lowest BCUT2D eigenvalue weighted by molar-refractivity contribution is -0.127. The Labute approximate surface area is 88.2 Å². The molecule has 1 amide bonds. The average Bonchev–Trinajstić information content (AvgIpc) is 2.27. The van der Waals surface area contributed by atoms with Crippen LogP contribution in [0.2, 0.25) is 0 Å². The second kappa shape index (κ2) is 5.34. The van der Waals surface area contributed by atoms with E-state index < -0.39 is 11.9 Å². The highest BCUT2D eigenvalue weighted by Gasteiger charge is 2.17. The fraction of sp³-hybridized carbons (Fsp3) is 0.364. The van der Waals surface area contributed by atoms with Gasteiger partial charge in [-0.25, -0.2) is 4.39 Å². The molecule has 0 unspecified atom stereocenters. The van der Waals surface area contributed by atoms with Crippen molar-refractivity contribution in [3.8, 4) is 5.75 Å². The van der Waals surface area contributed by atoms with E-state index in [1.165, 1.54) is 19.2 Å². The molecule has 0 aliphatic rings. The van der Waals surface area contributed by atoms with Crippen LogP contribution in [0, 0.1) is 5.82 Å². The Morgan fingerprint density at radius 3 is 2.73 bits per heavy atom. The molecule has 3 nitrogen and oxygen atoms in total. The highest BCUT2D eigenvalue weighted by atomic mass is 19.1. The monoisotopic (exact) mass is 211 g/mol. The van der Waals surface area contributed by atoms with Crippen LogP contribution < -0.4 is 10.1 Å². The van der Waals surface area contributed by atoms with E-state index in [0.29, 0.717) is 6.42 Å². The minimum absolute atomic E-state index is 0.105. The highest BCUT2D eigenvalue weighted by molar-refractivity contribution is 5.80. The lowest BCUT2D eigenvalue weighted by Gasteiger charge is -2.16. The molecule has 0 radical (unpaired) electrons. The predicted molar refractivity (Wildman–Crippen MR) is 55.2 cm³/mol. The first-order valence-electron chi connectivity index (χ1n) is 4.81. The molecule has 82 valence electrons. The van der Waals surface area contributed by atoms with Gasteiger partial charge in [-0.1, -0.05) is 19.1 Å². The molecule has 1 rings (SSSR count). The summed E-state index contributed by atoms with van der Waals surface area (Å²) in [6, 6.07) is 6.03. The fourth-order valence-corrected chi connectivity index (χ4v) is 1.18. The van der Waals surface area contributed by atoms with Crippen LogP contribution in [0.5, 0.6) is 5.75 Å². The third-order valence-electron chi connectivity index (χ3n) is 2.02. The molecule has 0 saturated heterocycles. The standard InChI is InChI=1S/C11H14FNO2/c1-3-9(11(14)13-2)15-10-7-5-4-6-8(10)12/h4-7,9H,3H2,1-2H3,(H,13,14)/t9-/m1/s1. The Morgan fingerprint density at radius 2 is 2.20 bits per heavy atom. The first-order chi connectivity index (χ1) is 7.19. The molecule has 0 saturated carbocycles. The van der Waals surface area contributed by atoms with E-state index >= 15 is 0 Å². The zero-order valence-corrected chi connectivity index (χ0v) is 8.79. The summed E-state index contributed by atoms with van der Waals surface area (Å²) < 4.78 is 18.5. The van der Waals surface area contributed by atoms with Crippen LogP contribution in [-0.4, -0.2) is 19.1 Å². The van der Waals surface area contributed by atoms with Gasteiger partial charge in [0, 0.05) is 7.05 Å². The third-order valence-corrected chi connectivity index (χ3v) is 2.02. The van der Waals surface area contributed by atoms with Gasteiger partial charge in [-0.2, -0.15) is 0 Å². The second-order valence-corrected chi connectivity index (χ2v) is 3.06. The lowest BCUT2D eigenvalue weighted by atomic mass is 10.2. The molecule has 1 aromatic rings. The molecule has 0 aliphatic carbocycles. The zero-order valence-electron chi connectivity index (χ0n) is 8.79. The van der Waals surface area contributed by atoms with Crippen LogP contribution in [-0.2, 0) is 4.79 Å². The van der Waals surface area contributed by atoms with Gasteiger partial charge in [0.15, 0.2) is 17.7 Å². The van der Waals surface area contributed by atoms with Crippen molar-refractivity contribution >= 4 is 5.91 Å². The summed E-state index contributed by atoms with van der Waals surface area (Å²) in [6.45, 7) is 1.81. The number of likely N-dealkylation sites (N-methyl/N-ethyl adjacent to an activating group) is 1. The molecule has 0 fully saturated rings. The number of para-hydroxylation sites is 1. The summed E-state index contributed by atoms with van der Waals surface area (Å²) in [4.78, 5) is 11.3. The summed E-state index contributed by atoms with van der Waals surface area (Å²) in [5, 5.41) is 2.47. The first-order valence-corrected chi connectivity index (χ1v) is 4.81. The number of ether oxygens (including phenoxy) is 1. The maximum absolute atomic E-state index is 13.2. The van der Waals surface area contributed by atoms with Gasteiger partial charge in [0.1, 0.15) is 0 Å². The molecule has 4 heteroatoms. The van der Waals surface area contributed by atoms with Gasteiger partial charge in [-0.3, -0.25) is 4.79 Å². The number of hydrogen-bond donors (Lipinski definition) is 1. The number of halogens is 1. The van der Waals surface area contributed by atoms with Gasteiger partial charge < -0.3 is 10.1 Å². The molecule has 0 bridgehead atoms. The van der Waals surface area contributed by atoms with E-state index in [1.54, 1.807) is 19.1 Å². The van der Waals surface area contributed by atoms with Crippen LogP contribution >= 0.6 is 0 Å². The number of nitrogens with one attached hydrogen (secondary N) is 1. The average molecular weight is 211 g/mol. The normalized spacial score (nSPS) is 11.9. The van der Waals surface area contributed by atoms with E-state index in [9.17, 15) is 9.18 Å². The van der Waals surface area contributed by atoms with Crippen LogP contribution in [0.15, 0.2) is 24.3 Å². The van der Waals surface area contributed by atoms with Crippen LogP contribution in [0.3, 0.4) is 0 Å². The number of carbonyl (C=O) groups excluding carboxylic acids is 1. The molecule has 0 aliphatic heterocycles. The summed E-state index contributed by atoms with van der Waals surface area (Å²) in [5.41, 5.74) is 0. The fourth-order valence-electron chi connectivity index (χ4n) is 1.18. The Balaban J connectivity index is 2.75. The molecule has 0 heterocycles. The second-order valence-electron chi connectivity index (χ2n) is 3.06. The highest BCUT2D eigenvalue weighted by Crippen LogP contribution is 2.17. The van der Waals surface area contributed by atoms with E-state index in [4.69, 9.17) is 4.74 Å². The molecule has 15 heavy (non-hydrogen) atoms. The van der Waals surface area contributed by atoms with Gasteiger partial charge in [-0.15, -0.1) is 0 Å². The van der Waals surface area contributed by atoms with Crippen molar-refractivity contribution in [1.82, 2.24) is 5.32 Å². The Hall–Kier alpha value is -1.58. The summed E-state index contributed by atoms with van der Waals surface area (Å²) in [6.07, 6.45) is -0.152. The van der Waals surface area contributed by atoms with E-state index in [1.807, 2.05) is 0 Å². The minimum Gasteiger partial charge on any atom is -0.478 e. The maximum Gasteiger partial charge on any atom is 0.260 e. The maximum atomic E-state index is 13.2. The molecule has 0 aromatic heterocycles. The van der Waals surface area contributed by atoms with Crippen molar-refractivity contribution in [2.45, 2.75) is 19.4 Å². The molecule has 1 aromatic carbocycles. The van der Waals surface area contributed by atoms with Crippen molar-refractivity contribution < 1.29 is 13.9 Å². The number of rotatable bonds is 4. The van der Waals surface area contributed by atoms with Crippen LogP contribution in [0.4, 0.5) is 4.39 Å². The molecular formula is C11H14FNO2. The topological polar surface area (TPSA) is 38.3 Å². The predicted octanol–water partition coefficient (Wildman–Crippen LogP) is 1.73. The quantitative estimate of drug-likeness (QED) is 0.823. The van der Waals surface area contributed by atoms with Gasteiger partial charge in [-0.05, 0) is 18.6 Å².